The van der Waals surface area contributed by atoms with Crippen LogP contribution in [0.1, 0.15) is 12.5 Å². The summed E-state index contributed by atoms with van der Waals surface area (Å²) in [7, 11) is 0. The first-order chi connectivity index (χ1) is 9.15. The summed E-state index contributed by atoms with van der Waals surface area (Å²) < 4.78 is 0.995. The Morgan fingerprint density at radius 2 is 2.05 bits per heavy atom. The minimum absolute atomic E-state index is 0.153. The monoisotopic (exact) mass is 326 g/mol. The fraction of sp³-hybridized carbons (Fsp3) is 0.462. The zero-order valence-corrected chi connectivity index (χ0v) is 12.6. The standard InChI is InChI=1S/C13H19BrN4O/c1-2-17-5-7-18(8-6-17)12-9-10(14)3-4-11(12)13(15)16-19/h3-4,9,19H,2,5-8H2,1H3,(H2,15,16). The van der Waals surface area contributed by atoms with Crippen molar-refractivity contribution < 1.29 is 5.21 Å². The molecular weight excluding hydrogens is 308 g/mol. The van der Waals surface area contributed by atoms with Gasteiger partial charge in [0.25, 0.3) is 0 Å². The number of anilines is 1. The van der Waals surface area contributed by atoms with Crippen molar-refractivity contribution in [2.45, 2.75) is 6.92 Å². The molecule has 0 aromatic heterocycles. The van der Waals surface area contributed by atoms with Crippen molar-refractivity contribution in [3.63, 3.8) is 0 Å². The summed E-state index contributed by atoms with van der Waals surface area (Å²) in [6.45, 7) is 7.25. The number of nitrogens with zero attached hydrogens (tertiary/aromatic N) is 3. The maximum absolute atomic E-state index is 8.88. The van der Waals surface area contributed by atoms with Crippen LogP contribution in [0.4, 0.5) is 5.69 Å². The third-order valence-corrected chi connectivity index (χ3v) is 4.00. The average Bonchev–Trinajstić information content (AvgIpc) is 2.46. The Morgan fingerprint density at radius 3 is 2.63 bits per heavy atom. The van der Waals surface area contributed by atoms with Crippen molar-refractivity contribution in [3.05, 3.63) is 28.2 Å². The molecule has 5 nitrogen and oxygen atoms in total. The summed E-state index contributed by atoms with van der Waals surface area (Å²) in [5, 5.41) is 12.0. The molecule has 1 aromatic rings. The van der Waals surface area contributed by atoms with Gasteiger partial charge >= 0.3 is 0 Å². The molecule has 0 aliphatic carbocycles. The highest BCUT2D eigenvalue weighted by Crippen LogP contribution is 2.26. The number of amidine groups is 1. The molecule has 0 unspecified atom stereocenters. The van der Waals surface area contributed by atoms with Gasteiger partial charge in [0.15, 0.2) is 5.84 Å². The molecule has 104 valence electrons. The second-order valence-corrected chi connectivity index (χ2v) is 5.48. The highest BCUT2D eigenvalue weighted by atomic mass is 79.9. The number of benzene rings is 1. The van der Waals surface area contributed by atoms with E-state index in [1.54, 1.807) is 0 Å². The number of halogens is 1. The number of nitrogens with two attached hydrogens (primary N) is 1. The number of rotatable bonds is 3. The zero-order valence-electron chi connectivity index (χ0n) is 11.0. The Morgan fingerprint density at radius 1 is 1.37 bits per heavy atom. The Bertz CT molecular complexity index is 470. The third-order valence-electron chi connectivity index (χ3n) is 3.50. The van der Waals surface area contributed by atoms with E-state index in [-0.39, 0.29) is 5.84 Å². The molecule has 1 aromatic carbocycles. The Labute approximate surface area is 121 Å². The van der Waals surface area contributed by atoms with Crippen LogP contribution in [0.2, 0.25) is 0 Å². The fourth-order valence-corrected chi connectivity index (χ4v) is 2.69. The van der Waals surface area contributed by atoms with Gasteiger partial charge in [-0.15, -0.1) is 0 Å². The molecule has 0 atom stereocenters. The minimum atomic E-state index is 0.153. The number of hydrogen-bond acceptors (Lipinski definition) is 4. The second-order valence-electron chi connectivity index (χ2n) is 4.57. The van der Waals surface area contributed by atoms with Gasteiger partial charge in [-0.3, -0.25) is 0 Å². The van der Waals surface area contributed by atoms with E-state index < -0.39 is 0 Å². The van der Waals surface area contributed by atoms with Crippen molar-refractivity contribution in [2.24, 2.45) is 10.9 Å². The summed E-state index contributed by atoms with van der Waals surface area (Å²) in [4.78, 5) is 4.70. The van der Waals surface area contributed by atoms with Crippen molar-refractivity contribution in [1.29, 1.82) is 0 Å². The van der Waals surface area contributed by atoms with Crippen LogP contribution in [0, 0.1) is 0 Å². The van der Waals surface area contributed by atoms with E-state index >= 15 is 0 Å². The van der Waals surface area contributed by atoms with Crippen molar-refractivity contribution in [2.75, 3.05) is 37.6 Å². The van der Waals surface area contributed by atoms with Crippen LogP contribution in [0.3, 0.4) is 0 Å². The summed E-state index contributed by atoms with van der Waals surface area (Å²) in [6, 6.07) is 5.80. The molecule has 1 heterocycles. The van der Waals surface area contributed by atoms with Crippen molar-refractivity contribution in [3.8, 4) is 0 Å². The molecule has 19 heavy (non-hydrogen) atoms. The molecule has 0 bridgehead atoms. The Kier molecular flexibility index (Phi) is 4.66. The quantitative estimate of drug-likeness (QED) is 0.384. The topological polar surface area (TPSA) is 65.1 Å². The summed E-state index contributed by atoms with van der Waals surface area (Å²) >= 11 is 3.48. The minimum Gasteiger partial charge on any atom is -0.409 e. The molecule has 1 fully saturated rings. The van der Waals surface area contributed by atoms with Crippen LogP contribution in [0.25, 0.3) is 0 Å². The lowest BCUT2D eigenvalue weighted by atomic mass is 10.1. The first-order valence-corrected chi connectivity index (χ1v) is 7.19. The van der Waals surface area contributed by atoms with E-state index in [1.807, 2.05) is 18.2 Å². The molecule has 1 aliphatic rings. The predicted molar refractivity (Wildman–Crippen MR) is 81.0 cm³/mol. The maximum atomic E-state index is 8.88. The largest absolute Gasteiger partial charge is 0.409 e. The fourth-order valence-electron chi connectivity index (χ4n) is 2.34. The molecule has 2 rings (SSSR count). The molecule has 0 spiro atoms. The average molecular weight is 327 g/mol. The maximum Gasteiger partial charge on any atom is 0.172 e. The molecule has 1 saturated heterocycles. The van der Waals surface area contributed by atoms with E-state index in [9.17, 15) is 0 Å². The molecule has 0 saturated carbocycles. The summed E-state index contributed by atoms with van der Waals surface area (Å²) in [5.74, 6) is 0.153. The van der Waals surface area contributed by atoms with Gasteiger partial charge in [-0.25, -0.2) is 0 Å². The van der Waals surface area contributed by atoms with E-state index in [2.05, 4.69) is 37.8 Å². The molecule has 3 N–H and O–H groups in total. The third kappa shape index (κ3) is 3.19. The smallest absolute Gasteiger partial charge is 0.172 e. The van der Waals surface area contributed by atoms with Crippen LogP contribution in [-0.2, 0) is 0 Å². The Hall–Kier alpha value is -1.27. The van der Waals surface area contributed by atoms with Crippen LogP contribution in [-0.4, -0.2) is 48.7 Å². The van der Waals surface area contributed by atoms with Gasteiger partial charge in [0.05, 0.1) is 0 Å². The van der Waals surface area contributed by atoms with Crippen LogP contribution in [0.5, 0.6) is 0 Å². The normalized spacial score (nSPS) is 17.8. The molecule has 0 amide bonds. The van der Waals surface area contributed by atoms with Gasteiger partial charge < -0.3 is 20.7 Å². The number of piperazine rings is 1. The lowest BCUT2D eigenvalue weighted by Gasteiger charge is -2.36. The highest BCUT2D eigenvalue weighted by molar-refractivity contribution is 9.10. The SMILES string of the molecule is CCN1CCN(c2cc(Br)ccc2/C(N)=N/O)CC1. The highest BCUT2D eigenvalue weighted by Gasteiger charge is 2.19. The second kappa shape index (κ2) is 6.25. The molecule has 0 radical (unpaired) electrons. The number of oxime groups is 1. The van der Waals surface area contributed by atoms with Crippen LogP contribution >= 0.6 is 15.9 Å². The van der Waals surface area contributed by atoms with Gasteiger partial charge in [-0.1, -0.05) is 28.0 Å². The van der Waals surface area contributed by atoms with Crippen molar-refractivity contribution in [1.82, 2.24) is 4.90 Å². The first-order valence-electron chi connectivity index (χ1n) is 6.40. The lowest BCUT2D eigenvalue weighted by Crippen LogP contribution is -2.46. The lowest BCUT2D eigenvalue weighted by molar-refractivity contribution is 0.271. The zero-order chi connectivity index (χ0) is 13.8. The van der Waals surface area contributed by atoms with E-state index in [0.29, 0.717) is 0 Å². The first kappa shape index (κ1) is 14.1. The van der Waals surface area contributed by atoms with Gasteiger partial charge in [0, 0.05) is 41.9 Å². The van der Waals surface area contributed by atoms with Crippen LogP contribution < -0.4 is 10.6 Å². The number of hydrogen-bond donors (Lipinski definition) is 2. The van der Waals surface area contributed by atoms with Gasteiger partial charge in [-0.05, 0) is 24.7 Å². The van der Waals surface area contributed by atoms with E-state index in [0.717, 1.165) is 48.4 Å². The number of likely N-dealkylation sites (N-methyl/N-ethyl adjacent to an activating group) is 1. The van der Waals surface area contributed by atoms with Gasteiger partial charge in [0.1, 0.15) is 0 Å². The molecular formula is C13H19BrN4O. The van der Waals surface area contributed by atoms with Crippen LogP contribution in [0.15, 0.2) is 27.8 Å². The molecule has 1 aliphatic heterocycles. The predicted octanol–water partition coefficient (Wildman–Crippen LogP) is 1.69. The summed E-state index contributed by atoms with van der Waals surface area (Å²) in [6.07, 6.45) is 0. The van der Waals surface area contributed by atoms with Crippen molar-refractivity contribution >= 4 is 27.5 Å². The summed E-state index contributed by atoms with van der Waals surface area (Å²) in [5.41, 5.74) is 7.54. The van der Waals surface area contributed by atoms with Gasteiger partial charge in [0.2, 0.25) is 0 Å². The van der Waals surface area contributed by atoms with Gasteiger partial charge in [-0.2, -0.15) is 0 Å². The van der Waals surface area contributed by atoms with E-state index in [4.69, 9.17) is 10.9 Å². The van der Waals surface area contributed by atoms with E-state index in [1.165, 1.54) is 0 Å². The Balaban J connectivity index is 2.26. The molecule has 6 heteroatoms.